The summed E-state index contributed by atoms with van der Waals surface area (Å²) >= 11 is 0. The van der Waals surface area contributed by atoms with Gasteiger partial charge in [0.25, 0.3) is 0 Å². The van der Waals surface area contributed by atoms with E-state index in [2.05, 4.69) is 50.1 Å². The molecular weight excluding hydrogens is 312 g/mol. The van der Waals surface area contributed by atoms with E-state index in [-0.39, 0.29) is 5.91 Å². The van der Waals surface area contributed by atoms with Crippen LogP contribution in [-0.4, -0.2) is 33.4 Å². The molecule has 1 aromatic heterocycles. The molecule has 1 aromatic carbocycles. The maximum absolute atomic E-state index is 11.9. The molecule has 0 saturated heterocycles. The first-order chi connectivity index (χ1) is 12.3. The molecule has 0 bridgehead atoms. The fourth-order valence-electron chi connectivity index (χ4n) is 3.52. The Morgan fingerprint density at radius 3 is 2.80 bits per heavy atom. The van der Waals surface area contributed by atoms with Crippen LogP contribution in [0.2, 0.25) is 0 Å². The average molecular weight is 338 g/mol. The van der Waals surface area contributed by atoms with Gasteiger partial charge in [0.15, 0.2) is 0 Å². The predicted molar refractivity (Wildman–Crippen MR) is 96.8 cm³/mol. The highest BCUT2D eigenvalue weighted by molar-refractivity contribution is 5.76. The number of rotatable bonds is 6. The molecule has 5 nitrogen and oxygen atoms in total. The van der Waals surface area contributed by atoms with Crippen LogP contribution in [0.1, 0.15) is 36.3 Å². The quantitative estimate of drug-likeness (QED) is 0.880. The molecule has 2 aromatic rings. The Bertz CT molecular complexity index is 721. The molecular formula is C20H26N4O. The molecule has 1 N–H and O–H groups in total. The highest BCUT2D eigenvalue weighted by Gasteiger charge is 2.24. The smallest absolute Gasteiger partial charge is 0.220 e. The molecule has 1 fully saturated rings. The zero-order valence-corrected chi connectivity index (χ0v) is 14.7. The lowest BCUT2D eigenvalue weighted by molar-refractivity contribution is -0.121. The molecule has 132 valence electrons. The zero-order chi connectivity index (χ0) is 17.1. The molecule has 0 radical (unpaired) electrons. The summed E-state index contributed by atoms with van der Waals surface area (Å²) in [6.45, 7) is 4.56. The van der Waals surface area contributed by atoms with Crippen LogP contribution in [0, 0.1) is 5.92 Å². The van der Waals surface area contributed by atoms with Gasteiger partial charge in [0.1, 0.15) is 5.82 Å². The summed E-state index contributed by atoms with van der Waals surface area (Å²) in [5.74, 6) is 1.95. The van der Waals surface area contributed by atoms with Crippen molar-refractivity contribution in [2.75, 3.05) is 13.1 Å². The van der Waals surface area contributed by atoms with Crippen LogP contribution in [0.15, 0.2) is 36.5 Å². The molecule has 4 rings (SSSR count). The summed E-state index contributed by atoms with van der Waals surface area (Å²) in [6.07, 6.45) is 6.01. The Kier molecular flexibility index (Phi) is 4.83. The van der Waals surface area contributed by atoms with Gasteiger partial charge in [-0.05, 0) is 24.3 Å². The zero-order valence-electron chi connectivity index (χ0n) is 14.7. The van der Waals surface area contributed by atoms with E-state index in [1.807, 2.05) is 6.20 Å². The van der Waals surface area contributed by atoms with Gasteiger partial charge in [0, 0.05) is 39.0 Å². The second kappa shape index (κ2) is 7.40. The van der Waals surface area contributed by atoms with Gasteiger partial charge in [0.05, 0.1) is 18.4 Å². The lowest BCUT2D eigenvalue weighted by atomic mass is 10.2. The summed E-state index contributed by atoms with van der Waals surface area (Å²) in [5, 5.41) is 3.06. The van der Waals surface area contributed by atoms with E-state index >= 15 is 0 Å². The highest BCUT2D eigenvalue weighted by atomic mass is 16.1. The van der Waals surface area contributed by atoms with Crippen molar-refractivity contribution in [2.24, 2.45) is 5.92 Å². The van der Waals surface area contributed by atoms with Crippen LogP contribution >= 0.6 is 0 Å². The topological polar surface area (TPSA) is 50.2 Å². The van der Waals surface area contributed by atoms with E-state index in [9.17, 15) is 4.79 Å². The van der Waals surface area contributed by atoms with E-state index in [1.54, 1.807) is 0 Å². The molecule has 0 spiro atoms. The molecule has 5 heteroatoms. The first-order valence-electron chi connectivity index (χ1n) is 9.34. The van der Waals surface area contributed by atoms with Crippen LogP contribution in [0.25, 0.3) is 0 Å². The Morgan fingerprint density at radius 2 is 2.00 bits per heavy atom. The minimum atomic E-state index is 0.178. The van der Waals surface area contributed by atoms with E-state index in [0.717, 1.165) is 44.1 Å². The normalized spacial score (nSPS) is 17.8. The Balaban J connectivity index is 1.33. The van der Waals surface area contributed by atoms with Crippen LogP contribution in [0.3, 0.4) is 0 Å². The van der Waals surface area contributed by atoms with Gasteiger partial charge in [-0.1, -0.05) is 30.3 Å². The molecule has 0 atom stereocenters. The van der Waals surface area contributed by atoms with Gasteiger partial charge in [0.2, 0.25) is 5.91 Å². The largest absolute Gasteiger partial charge is 0.350 e. The van der Waals surface area contributed by atoms with Crippen LogP contribution in [-0.2, 0) is 30.8 Å². The standard InChI is InChI=1S/C20H26N4O/c25-20(12-16-6-7-16)22-14-18-13-21-19-8-9-23(10-11-24(18)19)15-17-4-2-1-3-5-17/h1-5,13,16H,6-12,14-15H2,(H,22,25). The number of aromatic nitrogens is 2. The lowest BCUT2D eigenvalue weighted by Gasteiger charge is -2.19. The number of hydrogen-bond donors (Lipinski definition) is 1. The number of benzene rings is 1. The molecule has 1 aliphatic carbocycles. The Labute approximate surface area is 149 Å². The van der Waals surface area contributed by atoms with E-state index in [1.165, 1.54) is 18.4 Å². The van der Waals surface area contributed by atoms with Crippen molar-refractivity contribution in [1.29, 1.82) is 0 Å². The fraction of sp³-hybridized carbons (Fsp3) is 0.500. The van der Waals surface area contributed by atoms with Gasteiger partial charge in [-0.25, -0.2) is 4.98 Å². The summed E-state index contributed by atoms with van der Waals surface area (Å²) in [7, 11) is 0. The molecule has 2 heterocycles. The molecule has 25 heavy (non-hydrogen) atoms. The first kappa shape index (κ1) is 16.3. The van der Waals surface area contributed by atoms with Crippen molar-refractivity contribution in [2.45, 2.75) is 45.3 Å². The third kappa shape index (κ3) is 4.28. The summed E-state index contributed by atoms with van der Waals surface area (Å²) < 4.78 is 2.29. The van der Waals surface area contributed by atoms with Gasteiger partial charge in [-0.2, -0.15) is 0 Å². The number of hydrogen-bond acceptors (Lipinski definition) is 3. The van der Waals surface area contributed by atoms with Crippen molar-refractivity contribution in [3.63, 3.8) is 0 Å². The number of fused-ring (bicyclic) bond motifs is 1. The molecule has 1 amide bonds. The van der Waals surface area contributed by atoms with Gasteiger partial charge in [-0.15, -0.1) is 0 Å². The summed E-state index contributed by atoms with van der Waals surface area (Å²) in [4.78, 5) is 19.0. The second-order valence-electron chi connectivity index (χ2n) is 7.25. The molecule has 1 aliphatic heterocycles. The molecule has 2 aliphatic rings. The van der Waals surface area contributed by atoms with Gasteiger partial charge in [-0.3, -0.25) is 9.69 Å². The monoisotopic (exact) mass is 338 g/mol. The lowest BCUT2D eigenvalue weighted by Crippen LogP contribution is -2.27. The maximum atomic E-state index is 11.9. The van der Waals surface area contributed by atoms with Crippen LogP contribution in [0.5, 0.6) is 0 Å². The highest BCUT2D eigenvalue weighted by Crippen LogP contribution is 2.32. The number of nitrogens with zero attached hydrogens (tertiary/aromatic N) is 3. The third-order valence-corrected chi connectivity index (χ3v) is 5.20. The van der Waals surface area contributed by atoms with Crippen molar-refractivity contribution in [3.8, 4) is 0 Å². The number of carbonyl (C=O) groups excluding carboxylic acids is 1. The number of imidazole rings is 1. The summed E-state index contributed by atoms with van der Waals surface area (Å²) in [6, 6.07) is 10.6. The third-order valence-electron chi connectivity index (χ3n) is 5.20. The molecule has 1 saturated carbocycles. The average Bonchev–Trinajstić information content (AvgIpc) is 3.38. The van der Waals surface area contributed by atoms with E-state index in [4.69, 9.17) is 0 Å². The van der Waals surface area contributed by atoms with Gasteiger partial charge >= 0.3 is 0 Å². The Morgan fingerprint density at radius 1 is 1.16 bits per heavy atom. The van der Waals surface area contributed by atoms with Gasteiger partial charge < -0.3 is 9.88 Å². The minimum absolute atomic E-state index is 0.178. The number of amides is 1. The van der Waals surface area contributed by atoms with E-state index in [0.29, 0.717) is 18.9 Å². The Hall–Kier alpha value is -2.14. The number of nitrogens with one attached hydrogen (secondary N) is 1. The molecule has 0 unspecified atom stereocenters. The van der Waals surface area contributed by atoms with Crippen molar-refractivity contribution >= 4 is 5.91 Å². The van der Waals surface area contributed by atoms with Crippen LogP contribution in [0.4, 0.5) is 0 Å². The predicted octanol–water partition coefficient (Wildman–Crippen LogP) is 2.36. The van der Waals surface area contributed by atoms with Crippen molar-refractivity contribution < 1.29 is 4.79 Å². The maximum Gasteiger partial charge on any atom is 0.220 e. The van der Waals surface area contributed by atoms with E-state index < -0.39 is 0 Å². The minimum Gasteiger partial charge on any atom is -0.350 e. The van der Waals surface area contributed by atoms with Crippen molar-refractivity contribution in [1.82, 2.24) is 19.8 Å². The first-order valence-corrected chi connectivity index (χ1v) is 9.34. The summed E-state index contributed by atoms with van der Waals surface area (Å²) in [5.41, 5.74) is 2.48. The second-order valence-corrected chi connectivity index (χ2v) is 7.25. The fourth-order valence-corrected chi connectivity index (χ4v) is 3.52. The SMILES string of the molecule is O=C(CC1CC1)NCc1cnc2n1CCN(Cc1ccccc1)CC2. The van der Waals surface area contributed by atoms with Crippen LogP contribution < -0.4 is 5.32 Å². The number of carbonyl (C=O) groups is 1. The van der Waals surface area contributed by atoms with Crippen molar-refractivity contribution in [3.05, 3.63) is 53.6 Å².